The van der Waals surface area contributed by atoms with E-state index in [1.165, 1.54) is 12.0 Å². The first-order valence-electron chi connectivity index (χ1n) is 7.38. The van der Waals surface area contributed by atoms with E-state index in [4.69, 9.17) is 0 Å². The molecule has 1 heterocycles. The van der Waals surface area contributed by atoms with Gasteiger partial charge in [0.1, 0.15) is 5.75 Å². The zero-order valence-corrected chi connectivity index (χ0v) is 12.2. The Morgan fingerprint density at radius 3 is 2.60 bits per heavy atom. The van der Waals surface area contributed by atoms with E-state index in [1.54, 1.807) is 6.07 Å². The molecular formula is C16H23F2NO. The number of hydrogen-bond acceptors (Lipinski definition) is 2. The van der Waals surface area contributed by atoms with Gasteiger partial charge in [0.15, 0.2) is 0 Å². The molecule has 1 saturated heterocycles. The Morgan fingerprint density at radius 1 is 1.30 bits per heavy atom. The lowest BCUT2D eigenvalue weighted by molar-refractivity contribution is -0.0503. The highest BCUT2D eigenvalue weighted by atomic mass is 19.3. The first-order chi connectivity index (χ1) is 9.61. The molecule has 0 saturated carbocycles. The molecule has 1 aliphatic rings. The maximum Gasteiger partial charge on any atom is 0.387 e. The molecule has 112 valence electrons. The van der Waals surface area contributed by atoms with Crippen LogP contribution in [0.15, 0.2) is 18.2 Å². The first-order valence-corrected chi connectivity index (χ1v) is 7.38. The van der Waals surface area contributed by atoms with Crippen molar-refractivity contribution in [3.8, 4) is 5.75 Å². The third-order valence-corrected chi connectivity index (χ3v) is 4.11. The highest BCUT2D eigenvalue weighted by Crippen LogP contribution is 2.34. The van der Waals surface area contributed by atoms with Gasteiger partial charge in [-0.1, -0.05) is 19.1 Å². The van der Waals surface area contributed by atoms with Crippen molar-refractivity contribution in [1.82, 2.24) is 4.90 Å². The van der Waals surface area contributed by atoms with Crippen molar-refractivity contribution in [2.24, 2.45) is 0 Å². The van der Waals surface area contributed by atoms with Crippen molar-refractivity contribution in [3.63, 3.8) is 0 Å². The third kappa shape index (κ3) is 3.69. The molecule has 20 heavy (non-hydrogen) atoms. The molecule has 0 aliphatic carbocycles. The predicted molar refractivity (Wildman–Crippen MR) is 76.5 cm³/mol. The Bertz CT molecular complexity index is 428. The molecule has 0 unspecified atom stereocenters. The van der Waals surface area contributed by atoms with Gasteiger partial charge in [-0.25, -0.2) is 0 Å². The maximum absolute atomic E-state index is 12.4. The largest absolute Gasteiger partial charge is 0.435 e. The van der Waals surface area contributed by atoms with Crippen molar-refractivity contribution >= 4 is 0 Å². The number of halogens is 2. The van der Waals surface area contributed by atoms with E-state index in [-0.39, 0.29) is 0 Å². The van der Waals surface area contributed by atoms with Gasteiger partial charge in [-0.3, -0.25) is 0 Å². The van der Waals surface area contributed by atoms with Gasteiger partial charge < -0.3 is 9.64 Å². The summed E-state index contributed by atoms with van der Waals surface area (Å²) in [5.74, 6) is 0.776. The number of ether oxygens (including phenoxy) is 1. The Labute approximate surface area is 119 Å². The summed E-state index contributed by atoms with van der Waals surface area (Å²) < 4.78 is 29.4. The number of benzene rings is 1. The van der Waals surface area contributed by atoms with Crippen LogP contribution in [-0.2, 0) is 0 Å². The highest BCUT2D eigenvalue weighted by molar-refractivity contribution is 5.41. The maximum atomic E-state index is 12.4. The lowest BCUT2D eigenvalue weighted by atomic mass is 9.86. The van der Waals surface area contributed by atoms with E-state index in [0.717, 1.165) is 38.0 Å². The summed E-state index contributed by atoms with van der Waals surface area (Å²) in [6.07, 6.45) is 3.37. The van der Waals surface area contributed by atoms with Gasteiger partial charge in [0, 0.05) is 0 Å². The minimum atomic E-state index is -2.75. The lowest BCUT2D eigenvalue weighted by Gasteiger charge is -2.32. The van der Waals surface area contributed by atoms with Crippen molar-refractivity contribution in [2.75, 3.05) is 19.6 Å². The molecule has 0 aromatic heterocycles. The van der Waals surface area contributed by atoms with E-state index in [1.807, 2.05) is 19.1 Å². The summed E-state index contributed by atoms with van der Waals surface area (Å²) in [4.78, 5) is 2.48. The fourth-order valence-corrected chi connectivity index (χ4v) is 3.08. The second-order valence-corrected chi connectivity index (χ2v) is 5.46. The minimum Gasteiger partial charge on any atom is -0.435 e. The first kappa shape index (κ1) is 15.2. The summed E-state index contributed by atoms with van der Waals surface area (Å²) in [5.41, 5.74) is 2.03. The summed E-state index contributed by atoms with van der Waals surface area (Å²) in [6, 6.07) is 5.49. The highest BCUT2D eigenvalue weighted by Gasteiger charge is 2.22. The van der Waals surface area contributed by atoms with E-state index >= 15 is 0 Å². The molecule has 0 amide bonds. The molecule has 0 N–H and O–H groups in total. The molecule has 4 heteroatoms. The Hall–Kier alpha value is -1.16. The Morgan fingerprint density at radius 2 is 2.00 bits per heavy atom. The van der Waals surface area contributed by atoms with Crippen molar-refractivity contribution in [2.45, 2.75) is 45.6 Å². The molecule has 2 nitrogen and oxygen atoms in total. The molecular weight excluding hydrogens is 260 g/mol. The zero-order valence-electron chi connectivity index (χ0n) is 12.2. The number of alkyl halides is 2. The predicted octanol–water partition coefficient (Wildman–Crippen LogP) is 4.19. The van der Waals surface area contributed by atoms with E-state index in [9.17, 15) is 8.78 Å². The van der Waals surface area contributed by atoms with Crippen LogP contribution in [0.5, 0.6) is 5.75 Å². The molecule has 0 bridgehead atoms. The number of likely N-dealkylation sites (tertiary alicyclic amines) is 1. The van der Waals surface area contributed by atoms with Gasteiger partial charge in [0.25, 0.3) is 0 Å². The molecule has 1 fully saturated rings. The average Bonchev–Trinajstić information content (AvgIpc) is 2.42. The minimum absolute atomic E-state index is 0.313. The van der Waals surface area contributed by atoms with Crippen LogP contribution in [0.1, 0.15) is 43.2 Å². The van der Waals surface area contributed by atoms with Crippen molar-refractivity contribution in [3.05, 3.63) is 29.3 Å². The lowest BCUT2D eigenvalue weighted by Crippen LogP contribution is -2.33. The second-order valence-electron chi connectivity index (χ2n) is 5.46. The van der Waals surface area contributed by atoms with Gasteiger partial charge in [-0.2, -0.15) is 8.78 Å². The monoisotopic (exact) mass is 283 g/mol. The van der Waals surface area contributed by atoms with Crippen molar-refractivity contribution in [1.29, 1.82) is 0 Å². The SMILES string of the molecule is CCCN1CCC(c2cccc(OC(F)F)c2C)CC1. The molecule has 2 rings (SSSR count). The van der Waals surface area contributed by atoms with Crippen LogP contribution in [0.4, 0.5) is 8.78 Å². The third-order valence-electron chi connectivity index (χ3n) is 4.11. The quantitative estimate of drug-likeness (QED) is 0.803. The van der Waals surface area contributed by atoms with Crippen LogP contribution in [0, 0.1) is 6.92 Å². The fraction of sp³-hybridized carbons (Fsp3) is 0.625. The van der Waals surface area contributed by atoms with Gasteiger partial charge in [0.05, 0.1) is 0 Å². The number of nitrogens with zero attached hydrogens (tertiary/aromatic N) is 1. The second kappa shape index (κ2) is 7.02. The summed E-state index contributed by atoms with van der Waals surface area (Å²) in [5, 5.41) is 0. The number of hydrogen-bond donors (Lipinski definition) is 0. The van der Waals surface area contributed by atoms with Crippen LogP contribution in [-0.4, -0.2) is 31.1 Å². The smallest absolute Gasteiger partial charge is 0.387 e. The van der Waals surface area contributed by atoms with Crippen LogP contribution in [0.2, 0.25) is 0 Å². The van der Waals surface area contributed by atoms with Crippen molar-refractivity contribution < 1.29 is 13.5 Å². The molecule has 1 aromatic carbocycles. The van der Waals surface area contributed by atoms with Gasteiger partial charge in [0.2, 0.25) is 0 Å². The van der Waals surface area contributed by atoms with Crippen LogP contribution < -0.4 is 4.74 Å². The number of rotatable bonds is 5. The normalized spacial score (nSPS) is 17.6. The Kier molecular flexibility index (Phi) is 5.35. The zero-order chi connectivity index (χ0) is 14.5. The van der Waals surface area contributed by atoms with E-state index in [2.05, 4.69) is 16.6 Å². The molecule has 0 spiro atoms. The fourth-order valence-electron chi connectivity index (χ4n) is 3.08. The topological polar surface area (TPSA) is 12.5 Å². The van der Waals surface area contributed by atoms with Crippen LogP contribution >= 0.6 is 0 Å². The summed E-state index contributed by atoms with van der Waals surface area (Å²) in [6.45, 7) is 4.67. The van der Waals surface area contributed by atoms with Gasteiger partial charge in [-0.15, -0.1) is 0 Å². The molecule has 1 aromatic rings. The van der Waals surface area contributed by atoms with Crippen LogP contribution in [0.25, 0.3) is 0 Å². The van der Waals surface area contributed by atoms with Gasteiger partial charge >= 0.3 is 6.61 Å². The standard InChI is InChI=1S/C16H23F2NO/c1-3-9-19-10-7-13(8-11-19)14-5-4-6-15(12(14)2)20-16(17)18/h4-6,13,16H,3,7-11H2,1-2H3. The van der Waals surface area contributed by atoms with E-state index in [0.29, 0.717) is 11.7 Å². The molecule has 0 radical (unpaired) electrons. The average molecular weight is 283 g/mol. The van der Waals surface area contributed by atoms with Gasteiger partial charge in [-0.05, 0) is 68.9 Å². The molecule has 0 atom stereocenters. The number of piperidine rings is 1. The van der Waals surface area contributed by atoms with E-state index < -0.39 is 6.61 Å². The molecule has 1 aliphatic heterocycles. The summed E-state index contributed by atoms with van der Waals surface area (Å²) >= 11 is 0. The summed E-state index contributed by atoms with van der Waals surface area (Å²) in [7, 11) is 0. The Balaban J connectivity index is 2.06. The van der Waals surface area contributed by atoms with Crippen LogP contribution in [0.3, 0.4) is 0 Å².